The summed E-state index contributed by atoms with van der Waals surface area (Å²) in [7, 11) is 3.20. The molecular formula is C31H42N2O7. The highest BCUT2D eigenvalue weighted by atomic mass is 16.5. The number of carbonyl (C=O) groups excluding carboxylic acids is 2. The van der Waals surface area contributed by atoms with E-state index in [0.717, 1.165) is 46.9 Å². The Bertz CT molecular complexity index is 1300. The van der Waals surface area contributed by atoms with Crippen molar-refractivity contribution in [3.8, 4) is 5.75 Å². The molecule has 4 rings (SSSR count). The van der Waals surface area contributed by atoms with Crippen molar-refractivity contribution >= 4 is 28.7 Å². The van der Waals surface area contributed by atoms with Crippen molar-refractivity contribution in [2.24, 2.45) is 10.8 Å². The van der Waals surface area contributed by atoms with E-state index in [-0.39, 0.29) is 25.0 Å². The van der Waals surface area contributed by atoms with Crippen molar-refractivity contribution in [2.75, 3.05) is 27.4 Å². The zero-order chi connectivity index (χ0) is 29.5. The first-order valence-corrected chi connectivity index (χ1v) is 13.8. The van der Waals surface area contributed by atoms with Crippen LogP contribution in [0.4, 0.5) is 4.79 Å². The van der Waals surface area contributed by atoms with Crippen LogP contribution in [0, 0.1) is 10.8 Å². The summed E-state index contributed by atoms with van der Waals surface area (Å²) in [5, 5.41) is 14.9. The molecule has 0 aliphatic carbocycles. The maximum absolute atomic E-state index is 14.0. The molecule has 2 aliphatic heterocycles. The third-order valence-electron chi connectivity index (χ3n) is 8.32. The molecule has 5 bridgehead atoms. The average Bonchev–Trinajstić information content (AvgIpc) is 3.30. The monoisotopic (exact) mass is 554 g/mol. The number of hydrogen-bond donors (Lipinski definition) is 2. The van der Waals surface area contributed by atoms with Crippen LogP contribution in [-0.4, -0.2) is 67.4 Å². The quantitative estimate of drug-likeness (QED) is 0.556. The third kappa shape index (κ3) is 5.89. The van der Waals surface area contributed by atoms with Crippen molar-refractivity contribution in [1.29, 1.82) is 0 Å². The fraction of sp³-hybridized carbons (Fsp3) is 0.581. The standard InChI is InChI=1S/C31H42N2O7/c1-29(2,3)25-26(34)33-17-31(39-7,16-23(33)27(35)36)22-11-10-19-15-24(38-6)20(13-21(19)14-22)9-8-12-30(4,5)18-40-28(37)32-25/h10-11,13-15,23,25H,8-9,12,16-18H2,1-7H3,(H,32,37)(H,35,36)/t23-,25+,31-/m0/s1. The van der Waals surface area contributed by atoms with E-state index in [4.69, 9.17) is 14.2 Å². The number of cyclic esters (lactones) is 1. The fourth-order valence-electron chi connectivity index (χ4n) is 5.86. The Hall–Kier alpha value is -3.33. The number of carbonyl (C=O) groups is 3. The molecule has 2 aliphatic rings. The van der Waals surface area contributed by atoms with Gasteiger partial charge in [0.15, 0.2) is 0 Å². The molecule has 1 saturated heterocycles. The van der Waals surface area contributed by atoms with Gasteiger partial charge in [0.05, 0.1) is 20.3 Å². The van der Waals surface area contributed by atoms with Crippen LogP contribution in [0.3, 0.4) is 0 Å². The zero-order valence-electron chi connectivity index (χ0n) is 24.6. The fourth-order valence-corrected chi connectivity index (χ4v) is 5.86. The number of aliphatic carboxylic acids is 1. The van der Waals surface area contributed by atoms with Gasteiger partial charge in [0.1, 0.15) is 23.4 Å². The summed E-state index contributed by atoms with van der Waals surface area (Å²) in [5.74, 6) is -0.798. The third-order valence-corrected chi connectivity index (χ3v) is 8.32. The van der Waals surface area contributed by atoms with E-state index in [1.54, 1.807) is 14.2 Å². The zero-order valence-corrected chi connectivity index (χ0v) is 24.6. The molecule has 40 heavy (non-hydrogen) atoms. The van der Waals surface area contributed by atoms with Crippen LogP contribution in [-0.2, 0) is 31.1 Å². The molecule has 2 aromatic carbocycles. The lowest BCUT2D eigenvalue weighted by Crippen LogP contribution is -2.57. The van der Waals surface area contributed by atoms with E-state index in [9.17, 15) is 19.5 Å². The number of carboxylic acids is 1. The van der Waals surface area contributed by atoms with E-state index < -0.39 is 41.1 Å². The van der Waals surface area contributed by atoms with Crippen LogP contribution < -0.4 is 10.1 Å². The van der Waals surface area contributed by atoms with E-state index >= 15 is 0 Å². The second-order valence-corrected chi connectivity index (χ2v) is 13.0. The molecule has 1 fully saturated rings. The molecular weight excluding hydrogens is 512 g/mol. The van der Waals surface area contributed by atoms with Crippen LogP contribution in [0.15, 0.2) is 30.3 Å². The number of nitrogens with zero attached hydrogens (tertiary/aromatic N) is 1. The maximum atomic E-state index is 14.0. The smallest absolute Gasteiger partial charge is 0.407 e. The van der Waals surface area contributed by atoms with Crippen LogP contribution >= 0.6 is 0 Å². The van der Waals surface area contributed by atoms with E-state index in [1.807, 2.05) is 58.9 Å². The van der Waals surface area contributed by atoms with Crippen molar-refractivity contribution in [3.63, 3.8) is 0 Å². The highest BCUT2D eigenvalue weighted by Gasteiger charge is 2.52. The van der Waals surface area contributed by atoms with Gasteiger partial charge in [-0.05, 0) is 70.2 Å². The Morgan fingerprint density at radius 2 is 1.85 bits per heavy atom. The number of nitrogens with one attached hydrogen (secondary N) is 1. The Balaban J connectivity index is 1.85. The number of amides is 2. The van der Waals surface area contributed by atoms with Gasteiger partial charge < -0.3 is 29.5 Å². The van der Waals surface area contributed by atoms with Gasteiger partial charge in [-0.3, -0.25) is 4.79 Å². The molecule has 218 valence electrons. The van der Waals surface area contributed by atoms with E-state index in [1.165, 1.54) is 4.90 Å². The lowest BCUT2D eigenvalue weighted by atomic mass is 9.85. The second-order valence-electron chi connectivity index (χ2n) is 13.0. The summed E-state index contributed by atoms with van der Waals surface area (Å²) in [4.78, 5) is 40.7. The molecule has 0 aromatic heterocycles. The van der Waals surface area contributed by atoms with E-state index in [0.29, 0.717) is 0 Å². The minimum atomic E-state index is -1.13. The van der Waals surface area contributed by atoms with Gasteiger partial charge in [-0.2, -0.15) is 0 Å². The maximum Gasteiger partial charge on any atom is 0.407 e. The predicted molar refractivity (Wildman–Crippen MR) is 151 cm³/mol. The largest absolute Gasteiger partial charge is 0.496 e. The predicted octanol–water partition coefficient (Wildman–Crippen LogP) is 4.88. The topological polar surface area (TPSA) is 114 Å². The molecule has 0 radical (unpaired) electrons. The molecule has 2 amide bonds. The van der Waals surface area contributed by atoms with Crippen molar-refractivity contribution in [2.45, 2.75) is 78.0 Å². The van der Waals surface area contributed by atoms with Gasteiger partial charge in [0.25, 0.3) is 0 Å². The second kappa shape index (κ2) is 10.9. The molecule has 9 nitrogen and oxygen atoms in total. The molecule has 3 atom stereocenters. The Kier molecular flexibility index (Phi) is 8.09. The minimum Gasteiger partial charge on any atom is -0.496 e. The highest BCUT2D eigenvalue weighted by molar-refractivity contribution is 5.91. The van der Waals surface area contributed by atoms with Crippen LogP contribution in [0.1, 0.15) is 65.0 Å². The normalized spacial score (nSPS) is 25.8. The molecule has 2 N–H and O–H groups in total. The minimum absolute atomic E-state index is 0.0319. The van der Waals surface area contributed by atoms with E-state index in [2.05, 4.69) is 11.4 Å². The van der Waals surface area contributed by atoms with Crippen LogP contribution in [0.5, 0.6) is 5.75 Å². The van der Waals surface area contributed by atoms with Gasteiger partial charge in [0.2, 0.25) is 5.91 Å². The summed E-state index contributed by atoms with van der Waals surface area (Å²) in [6.07, 6.45) is 1.83. The molecule has 0 saturated carbocycles. The first-order chi connectivity index (χ1) is 18.7. The first-order valence-electron chi connectivity index (χ1n) is 13.8. The number of hydrogen-bond acceptors (Lipinski definition) is 6. The number of methoxy groups -OCH3 is 2. The van der Waals surface area contributed by atoms with Crippen LogP contribution in [0.2, 0.25) is 0 Å². The molecule has 2 heterocycles. The SMILES string of the molecule is COc1cc2ccc3cc2cc1CCCC(C)(C)COC(=O)N[C@@H](C(C)(C)C)C(=O)N1C[C@@]3(OC)C[C@H]1C(=O)O. The summed E-state index contributed by atoms with van der Waals surface area (Å²) in [5.41, 5.74) is -0.170. The number of aryl methyl sites for hydroxylation is 1. The number of fused-ring (bicyclic) bond motifs is 5. The molecule has 0 unspecified atom stereocenters. The summed E-state index contributed by atoms with van der Waals surface area (Å²) < 4.78 is 17.3. The number of carboxylic acid groups (broad SMARTS) is 1. The lowest BCUT2D eigenvalue weighted by molar-refractivity contribution is -0.150. The van der Waals surface area contributed by atoms with Gasteiger partial charge in [-0.15, -0.1) is 0 Å². The van der Waals surface area contributed by atoms with Crippen molar-refractivity contribution in [1.82, 2.24) is 10.2 Å². The Labute approximate surface area is 236 Å². The summed E-state index contributed by atoms with van der Waals surface area (Å²) in [6.45, 7) is 9.78. The van der Waals surface area contributed by atoms with Gasteiger partial charge in [-0.1, -0.05) is 46.8 Å². The van der Waals surface area contributed by atoms with Gasteiger partial charge in [-0.25, -0.2) is 9.59 Å². The number of ether oxygens (including phenoxy) is 3. The number of rotatable bonds is 3. The Morgan fingerprint density at radius 1 is 1.12 bits per heavy atom. The van der Waals surface area contributed by atoms with Gasteiger partial charge in [0, 0.05) is 13.5 Å². The van der Waals surface area contributed by atoms with Crippen molar-refractivity contribution < 1.29 is 33.7 Å². The van der Waals surface area contributed by atoms with Crippen LogP contribution in [0.25, 0.3) is 10.8 Å². The number of benzene rings is 2. The highest BCUT2D eigenvalue weighted by Crippen LogP contribution is 2.42. The number of alkyl carbamates (subject to hydrolysis) is 1. The molecule has 9 heteroatoms. The lowest BCUT2D eigenvalue weighted by Gasteiger charge is -2.35. The molecule has 2 aromatic rings. The Morgan fingerprint density at radius 3 is 2.48 bits per heavy atom. The first kappa shape index (κ1) is 29.6. The summed E-state index contributed by atoms with van der Waals surface area (Å²) in [6, 6.07) is 7.94. The van der Waals surface area contributed by atoms with Gasteiger partial charge >= 0.3 is 12.1 Å². The molecule has 0 spiro atoms. The average molecular weight is 555 g/mol. The summed E-state index contributed by atoms with van der Waals surface area (Å²) >= 11 is 0. The van der Waals surface area contributed by atoms with Crippen molar-refractivity contribution in [3.05, 3.63) is 41.5 Å².